The Bertz CT molecular complexity index is 1000. The lowest BCUT2D eigenvalue weighted by Gasteiger charge is -2.36. The molecule has 1 aromatic carbocycles. The molecule has 2 unspecified atom stereocenters. The molecule has 2 bridgehead atoms. The highest BCUT2D eigenvalue weighted by Gasteiger charge is 2.77. The van der Waals surface area contributed by atoms with Gasteiger partial charge in [-0.2, -0.15) is 0 Å². The number of carbonyl (C=O) groups excluding carboxylic acids is 3. The summed E-state index contributed by atoms with van der Waals surface area (Å²) in [6, 6.07) is 6.48. The van der Waals surface area contributed by atoms with Crippen LogP contribution in [0.25, 0.3) is 0 Å². The van der Waals surface area contributed by atoms with Gasteiger partial charge in [0.05, 0.1) is 29.2 Å². The molecule has 36 heavy (non-hydrogen) atoms. The first-order valence-corrected chi connectivity index (χ1v) is 14.1. The molecular formula is C27H40N4O4S. The van der Waals surface area contributed by atoms with Crippen LogP contribution in [-0.4, -0.2) is 75.5 Å². The molecule has 4 rings (SSSR count). The van der Waals surface area contributed by atoms with Crippen molar-refractivity contribution in [1.82, 2.24) is 10.2 Å². The highest BCUT2D eigenvalue weighted by atomic mass is 32.2. The highest BCUT2D eigenvalue weighted by molar-refractivity contribution is 8.02. The summed E-state index contributed by atoms with van der Waals surface area (Å²) in [5.41, 5.74) is 1.75. The van der Waals surface area contributed by atoms with Crippen molar-refractivity contribution >= 4 is 40.9 Å². The largest absolute Gasteiger partial charge is 0.394 e. The van der Waals surface area contributed by atoms with Gasteiger partial charge in [0.1, 0.15) is 6.04 Å². The van der Waals surface area contributed by atoms with Crippen LogP contribution in [0.1, 0.15) is 53.9 Å². The molecular weight excluding hydrogens is 476 g/mol. The average Bonchev–Trinajstić information content (AvgIpc) is 3.44. The van der Waals surface area contributed by atoms with Crippen LogP contribution in [0.15, 0.2) is 24.3 Å². The summed E-state index contributed by atoms with van der Waals surface area (Å²) in [7, 11) is 0. The molecule has 1 spiro atoms. The molecule has 198 valence electrons. The maximum atomic E-state index is 13.9. The minimum atomic E-state index is -0.754. The number of carbonyl (C=O) groups is 3. The van der Waals surface area contributed by atoms with Crippen molar-refractivity contribution in [1.29, 1.82) is 0 Å². The third kappa shape index (κ3) is 4.18. The molecule has 3 heterocycles. The Morgan fingerprint density at radius 2 is 1.83 bits per heavy atom. The van der Waals surface area contributed by atoms with Crippen molar-refractivity contribution in [3.8, 4) is 0 Å². The minimum Gasteiger partial charge on any atom is -0.394 e. The minimum absolute atomic E-state index is 0.101. The maximum Gasteiger partial charge on any atom is 0.248 e. The van der Waals surface area contributed by atoms with Gasteiger partial charge in [-0.3, -0.25) is 14.4 Å². The summed E-state index contributed by atoms with van der Waals surface area (Å²) in [5, 5.41) is 16.0. The SMILES string of the molecule is CCCNC(=O)[C@@H]1[C@H]2C(=O)N([C@H](C)CO)C(C(=O)Nc3ccc(N(CC)CC)cc3)C23CC[C@@]1(C)S3. The zero-order chi connectivity index (χ0) is 26.3. The molecule has 0 aromatic heterocycles. The fourth-order valence-corrected chi connectivity index (χ4v) is 8.88. The predicted octanol–water partition coefficient (Wildman–Crippen LogP) is 2.86. The molecule has 3 aliphatic heterocycles. The molecule has 3 amide bonds. The quantitative estimate of drug-likeness (QED) is 0.442. The fraction of sp³-hybridized carbons (Fsp3) is 0.667. The molecule has 0 aliphatic carbocycles. The van der Waals surface area contributed by atoms with E-state index in [4.69, 9.17) is 0 Å². The Balaban J connectivity index is 1.66. The molecule has 8 nitrogen and oxygen atoms in total. The predicted molar refractivity (Wildman–Crippen MR) is 144 cm³/mol. The number of hydrogen-bond acceptors (Lipinski definition) is 6. The first kappa shape index (κ1) is 26.8. The van der Waals surface area contributed by atoms with Crippen LogP contribution < -0.4 is 15.5 Å². The van der Waals surface area contributed by atoms with E-state index < -0.39 is 33.4 Å². The van der Waals surface area contributed by atoms with Crippen molar-refractivity contribution in [2.24, 2.45) is 11.8 Å². The Hall–Kier alpha value is -2.26. The number of amides is 3. The molecule has 3 aliphatic rings. The van der Waals surface area contributed by atoms with E-state index in [-0.39, 0.29) is 24.3 Å². The van der Waals surface area contributed by atoms with Crippen LogP contribution >= 0.6 is 11.8 Å². The van der Waals surface area contributed by atoms with Gasteiger partial charge in [-0.05, 0) is 71.2 Å². The third-order valence-corrected chi connectivity index (χ3v) is 10.3. The van der Waals surface area contributed by atoms with Gasteiger partial charge < -0.3 is 25.5 Å². The lowest BCUT2D eigenvalue weighted by Crippen LogP contribution is -2.54. The molecule has 9 heteroatoms. The topological polar surface area (TPSA) is 102 Å². The molecule has 6 atom stereocenters. The Kier molecular flexibility index (Phi) is 7.62. The molecule has 3 N–H and O–H groups in total. The lowest BCUT2D eigenvalue weighted by molar-refractivity contribution is -0.142. The van der Waals surface area contributed by atoms with Gasteiger partial charge in [0.25, 0.3) is 0 Å². The number of likely N-dealkylation sites (tertiary alicyclic amines) is 1. The van der Waals surface area contributed by atoms with Gasteiger partial charge in [-0.25, -0.2) is 0 Å². The zero-order valence-electron chi connectivity index (χ0n) is 22.0. The molecule has 1 aromatic rings. The zero-order valence-corrected chi connectivity index (χ0v) is 22.9. The Morgan fingerprint density at radius 3 is 2.42 bits per heavy atom. The maximum absolute atomic E-state index is 13.9. The second kappa shape index (κ2) is 10.2. The molecule has 0 radical (unpaired) electrons. The summed E-state index contributed by atoms with van der Waals surface area (Å²) in [5.74, 6) is -1.62. The summed E-state index contributed by atoms with van der Waals surface area (Å²) in [4.78, 5) is 44.9. The summed E-state index contributed by atoms with van der Waals surface area (Å²) in [6.45, 7) is 12.1. The Labute approximate surface area is 218 Å². The monoisotopic (exact) mass is 516 g/mol. The number of benzene rings is 1. The van der Waals surface area contributed by atoms with E-state index in [1.807, 2.05) is 31.2 Å². The van der Waals surface area contributed by atoms with Crippen molar-refractivity contribution < 1.29 is 19.5 Å². The van der Waals surface area contributed by atoms with Crippen molar-refractivity contribution in [2.45, 2.75) is 75.5 Å². The molecule has 3 saturated heterocycles. The van der Waals surface area contributed by atoms with Crippen LogP contribution in [-0.2, 0) is 14.4 Å². The van der Waals surface area contributed by atoms with Crippen LogP contribution in [0.4, 0.5) is 11.4 Å². The first-order chi connectivity index (χ1) is 17.2. The van der Waals surface area contributed by atoms with E-state index in [1.54, 1.807) is 23.6 Å². The van der Waals surface area contributed by atoms with Gasteiger partial charge in [0, 0.05) is 35.8 Å². The van der Waals surface area contributed by atoms with Crippen molar-refractivity contribution in [2.75, 3.05) is 36.5 Å². The van der Waals surface area contributed by atoms with E-state index in [1.165, 1.54) is 0 Å². The van der Waals surface area contributed by atoms with Crippen molar-refractivity contribution in [3.05, 3.63) is 24.3 Å². The van der Waals surface area contributed by atoms with E-state index in [2.05, 4.69) is 36.3 Å². The number of thioether (sulfide) groups is 1. The van der Waals surface area contributed by atoms with E-state index in [0.717, 1.165) is 31.6 Å². The summed E-state index contributed by atoms with van der Waals surface area (Å²) < 4.78 is -1.08. The van der Waals surface area contributed by atoms with Crippen LogP contribution in [0.5, 0.6) is 0 Å². The van der Waals surface area contributed by atoms with Crippen LogP contribution in [0, 0.1) is 11.8 Å². The lowest BCUT2D eigenvalue weighted by atomic mass is 9.66. The number of hydrogen-bond donors (Lipinski definition) is 3. The smallest absolute Gasteiger partial charge is 0.248 e. The number of fused-ring (bicyclic) bond motifs is 1. The molecule has 0 saturated carbocycles. The van der Waals surface area contributed by atoms with Gasteiger partial charge in [0.2, 0.25) is 17.7 Å². The van der Waals surface area contributed by atoms with E-state index >= 15 is 0 Å². The van der Waals surface area contributed by atoms with E-state index in [9.17, 15) is 19.5 Å². The second-order valence-corrected chi connectivity index (χ2v) is 12.4. The number of rotatable bonds is 10. The molecule has 3 fully saturated rings. The number of nitrogens with zero attached hydrogens (tertiary/aromatic N) is 2. The van der Waals surface area contributed by atoms with Gasteiger partial charge in [-0.15, -0.1) is 11.8 Å². The fourth-order valence-electron chi connectivity index (χ4n) is 6.54. The van der Waals surface area contributed by atoms with Gasteiger partial charge >= 0.3 is 0 Å². The summed E-state index contributed by atoms with van der Waals surface area (Å²) in [6.07, 6.45) is 2.28. The normalized spacial score (nSPS) is 31.3. The van der Waals surface area contributed by atoms with Gasteiger partial charge in [0.15, 0.2) is 0 Å². The number of nitrogens with one attached hydrogen (secondary N) is 2. The second-order valence-electron chi connectivity index (χ2n) is 10.5. The van der Waals surface area contributed by atoms with Crippen molar-refractivity contribution in [3.63, 3.8) is 0 Å². The Morgan fingerprint density at radius 1 is 1.17 bits per heavy atom. The summed E-state index contributed by atoms with van der Waals surface area (Å²) >= 11 is 1.64. The third-order valence-electron chi connectivity index (χ3n) is 8.30. The highest BCUT2D eigenvalue weighted by Crippen LogP contribution is 2.71. The number of aliphatic hydroxyl groups is 1. The van der Waals surface area contributed by atoms with E-state index in [0.29, 0.717) is 18.7 Å². The first-order valence-electron chi connectivity index (χ1n) is 13.2. The standard InChI is InChI=1S/C27H40N4O4S/c1-6-15-28-23(33)20-21-25(35)31(17(4)16-32)22(27(21)14-13-26(20,5)36-27)24(34)29-18-9-11-19(12-10-18)30(7-2)8-3/h9-12,17,20-22,32H,6-8,13-16H2,1-5H3,(H,28,33)(H,29,34)/t17-,20+,21+,22?,26-,27?/m1/s1. The van der Waals surface area contributed by atoms with Crippen LogP contribution in [0.3, 0.4) is 0 Å². The average molecular weight is 517 g/mol. The number of anilines is 2. The van der Waals surface area contributed by atoms with Crippen LogP contribution in [0.2, 0.25) is 0 Å². The number of aliphatic hydroxyl groups excluding tert-OH is 1. The van der Waals surface area contributed by atoms with Gasteiger partial charge in [-0.1, -0.05) is 6.92 Å².